The Labute approximate surface area is 183 Å². The zero-order chi connectivity index (χ0) is 22.4. The molecule has 0 bridgehead atoms. The van der Waals surface area contributed by atoms with Crippen LogP contribution in [0, 0.1) is 12.7 Å². The molecule has 0 aliphatic carbocycles. The summed E-state index contributed by atoms with van der Waals surface area (Å²) in [6, 6.07) is 20.6. The molecule has 0 saturated carbocycles. The molecule has 1 amide bonds. The molecule has 1 aliphatic heterocycles. The van der Waals surface area contributed by atoms with E-state index in [4.69, 9.17) is 4.42 Å². The number of anilines is 1. The van der Waals surface area contributed by atoms with Gasteiger partial charge < -0.3 is 9.52 Å². The number of nitrogens with zero attached hydrogens (tertiary/aromatic N) is 1. The van der Waals surface area contributed by atoms with Gasteiger partial charge in [-0.2, -0.15) is 0 Å². The number of hydrogen-bond acceptors (Lipinski definition) is 4. The Bertz CT molecular complexity index is 1390. The van der Waals surface area contributed by atoms with Crippen LogP contribution in [0.15, 0.2) is 94.6 Å². The Morgan fingerprint density at radius 3 is 2.50 bits per heavy atom. The van der Waals surface area contributed by atoms with Crippen LogP contribution in [0.25, 0.3) is 11.0 Å². The minimum absolute atomic E-state index is 0.0141. The fourth-order valence-electron chi connectivity index (χ4n) is 4.14. The lowest BCUT2D eigenvalue weighted by molar-refractivity contribution is -0.117. The van der Waals surface area contributed by atoms with Crippen molar-refractivity contribution in [2.45, 2.75) is 13.0 Å². The molecule has 0 fully saturated rings. The van der Waals surface area contributed by atoms with Gasteiger partial charge in [0.25, 0.3) is 5.91 Å². The second kappa shape index (κ2) is 7.50. The van der Waals surface area contributed by atoms with Crippen molar-refractivity contribution in [1.82, 2.24) is 0 Å². The second-order valence-electron chi connectivity index (χ2n) is 7.65. The van der Waals surface area contributed by atoms with Gasteiger partial charge in [-0.05, 0) is 48.4 Å². The Balaban J connectivity index is 1.69. The smallest absolute Gasteiger partial charge is 0.294 e. The summed E-state index contributed by atoms with van der Waals surface area (Å²) >= 11 is 0. The maximum Gasteiger partial charge on any atom is 0.294 e. The number of halogens is 1. The van der Waals surface area contributed by atoms with Gasteiger partial charge in [0, 0.05) is 11.1 Å². The van der Waals surface area contributed by atoms with Crippen LogP contribution in [-0.2, 0) is 4.79 Å². The lowest BCUT2D eigenvalue weighted by Crippen LogP contribution is -2.31. The average Bonchev–Trinajstić information content (AvgIpc) is 3.33. The van der Waals surface area contributed by atoms with E-state index in [0.717, 1.165) is 10.9 Å². The van der Waals surface area contributed by atoms with Crippen molar-refractivity contribution in [2.75, 3.05) is 4.90 Å². The fraction of sp³-hybridized carbons (Fsp3) is 0.0769. The quantitative estimate of drug-likeness (QED) is 0.427. The summed E-state index contributed by atoms with van der Waals surface area (Å²) in [6.45, 7) is 1.85. The predicted molar refractivity (Wildman–Crippen MR) is 118 cm³/mol. The molecule has 0 spiro atoms. The number of para-hydroxylation sites is 1. The number of carbonyl (C=O) groups is 2. The summed E-state index contributed by atoms with van der Waals surface area (Å²) < 4.78 is 19.7. The van der Waals surface area contributed by atoms with Crippen LogP contribution in [0.2, 0.25) is 0 Å². The highest BCUT2D eigenvalue weighted by molar-refractivity contribution is 6.20. The van der Waals surface area contributed by atoms with Crippen molar-refractivity contribution in [3.8, 4) is 0 Å². The molecule has 3 aromatic carbocycles. The van der Waals surface area contributed by atoms with E-state index < -0.39 is 29.3 Å². The highest BCUT2D eigenvalue weighted by atomic mass is 19.1. The lowest BCUT2D eigenvalue weighted by Gasteiger charge is -2.27. The lowest BCUT2D eigenvalue weighted by atomic mass is 9.92. The average molecular weight is 427 g/mol. The van der Waals surface area contributed by atoms with E-state index in [1.807, 2.05) is 31.2 Å². The number of hydrogen-bond donors (Lipinski definition) is 1. The molecule has 158 valence electrons. The van der Waals surface area contributed by atoms with Crippen LogP contribution in [-0.4, -0.2) is 16.8 Å². The summed E-state index contributed by atoms with van der Waals surface area (Å²) in [5.41, 5.74) is 2.12. The molecule has 1 aliphatic rings. The molecule has 0 radical (unpaired) electrons. The highest BCUT2D eigenvalue weighted by Crippen LogP contribution is 2.43. The zero-order valence-electron chi connectivity index (χ0n) is 17.1. The van der Waals surface area contributed by atoms with Gasteiger partial charge in [0.15, 0.2) is 11.5 Å². The molecule has 5 nitrogen and oxygen atoms in total. The number of aryl methyl sites for hydroxylation is 1. The minimum Gasteiger partial charge on any atom is -0.503 e. The number of ketones is 1. The van der Waals surface area contributed by atoms with Crippen LogP contribution < -0.4 is 4.90 Å². The van der Waals surface area contributed by atoms with Gasteiger partial charge in [-0.15, -0.1) is 0 Å². The number of amides is 1. The van der Waals surface area contributed by atoms with Gasteiger partial charge in [-0.1, -0.05) is 48.5 Å². The van der Waals surface area contributed by atoms with Crippen LogP contribution in [0.1, 0.15) is 27.7 Å². The molecule has 32 heavy (non-hydrogen) atoms. The van der Waals surface area contributed by atoms with Crippen molar-refractivity contribution >= 4 is 28.3 Å². The van der Waals surface area contributed by atoms with Gasteiger partial charge in [-0.3, -0.25) is 14.5 Å². The van der Waals surface area contributed by atoms with Gasteiger partial charge in [0.05, 0.1) is 11.6 Å². The number of aliphatic hydroxyl groups is 1. The molecule has 1 N–H and O–H groups in total. The van der Waals surface area contributed by atoms with Crippen molar-refractivity contribution in [3.05, 3.63) is 113 Å². The molecule has 2 heterocycles. The van der Waals surface area contributed by atoms with Gasteiger partial charge in [0.2, 0.25) is 5.78 Å². The Morgan fingerprint density at radius 1 is 1.00 bits per heavy atom. The number of Topliss-reactive ketones (excluding diaryl/α,β-unsaturated/α-hetero) is 1. The summed E-state index contributed by atoms with van der Waals surface area (Å²) in [6.07, 6.45) is 0. The van der Waals surface area contributed by atoms with Crippen molar-refractivity contribution < 1.29 is 23.5 Å². The maximum absolute atomic E-state index is 14.0. The van der Waals surface area contributed by atoms with Gasteiger partial charge in [0.1, 0.15) is 11.4 Å². The first-order valence-electron chi connectivity index (χ1n) is 10.1. The molecule has 1 unspecified atom stereocenters. The van der Waals surface area contributed by atoms with Crippen LogP contribution in [0.3, 0.4) is 0 Å². The first-order valence-corrected chi connectivity index (χ1v) is 10.1. The first-order chi connectivity index (χ1) is 15.5. The maximum atomic E-state index is 14.0. The number of fused-ring (bicyclic) bond motifs is 1. The topological polar surface area (TPSA) is 70.7 Å². The van der Waals surface area contributed by atoms with E-state index in [1.54, 1.807) is 36.4 Å². The predicted octanol–water partition coefficient (Wildman–Crippen LogP) is 5.66. The SMILES string of the molecule is Cc1ccccc1C1C(C(=O)c2cc3ccccc3o2)=C(O)C(=O)N1c1cccc(F)c1. The van der Waals surface area contributed by atoms with E-state index in [2.05, 4.69) is 0 Å². The number of furan rings is 1. The molecule has 5 rings (SSSR count). The summed E-state index contributed by atoms with van der Waals surface area (Å²) in [5, 5.41) is 11.6. The molecule has 1 aromatic heterocycles. The molecule has 4 aromatic rings. The summed E-state index contributed by atoms with van der Waals surface area (Å²) in [5.74, 6) is -2.56. The normalized spacial score (nSPS) is 16.2. The third kappa shape index (κ3) is 3.08. The Kier molecular flexibility index (Phi) is 4.63. The number of aliphatic hydroxyl groups excluding tert-OH is 1. The molecule has 0 saturated heterocycles. The second-order valence-corrected chi connectivity index (χ2v) is 7.65. The van der Waals surface area contributed by atoms with Gasteiger partial charge >= 0.3 is 0 Å². The van der Waals surface area contributed by atoms with Gasteiger partial charge in [-0.25, -0.2) is 4.39 Å². The van der Waals surface area contributed by atoms with E-state index in [0.29, 0.717) is 11.1 Å². The van der Waals surface area contributed by atoms with E-state index in [9.17, 15) is 19.1 Å². The monoisotopic (exact) mass is 427 g/mol. The van der Waals surface area contributed by atoms with Crippen LogP contribution >= 0.6 is 0 Å². The fourth-order valence-corrected chi connectivity index (χ4v) is 4.14. The summed E-state index contributed by atoms with van der Waals surface area (Å²) in [4.78, 5) is 27.9. The van der Waals surface area contributed by atoms with E-state index >= 15 is 0 Å². The molecular weight excluding hydrogens is 409 g/mol. The first kappa shape index (κ1) is 19.8. The largest absolute Gasteiger partial charge is 0.503 e. The number of carbonyl (C=O) groups excluding carboxylic acids is 2. The number of rotatable bonds is 4. The Hall–Kier alpha value is -4.19. The minimum atomic E-state index is -0.939. The third-order valence-electron chi connectivity index (χ3n) is 5.67. The summed E-state index contributed by atoms with van der Waals surface area (Å²) in [7, 11) is 0. The zero-order valence-corrected chi connectivity index (χ0v) is 17.1. The van der Waals surface area contributed by atoms with E-state index in [1.165, 1.54) is 23.1 Å². The molecular formula is C26H18FNO4. The Morgan fingerprint density at radius 2 is 1.75 bits per heavy atom. The standard InChI is InChI=1S/C26H18FNO4/c1-15-7-2-4-11-19(15)23-22(24(29)21-13-16-8-3-5-12-20(16)32-21)25(30)26(31)28(23)18-10-6-9-17(27)14-18/h2-14,23,30H,1H3. The highest BCUT2D eigenvalue weighted by Gasteiger charge is 2.45. The molecule has 6 heteroatoms. The van der Waals surface area contributed by atoms with Crippen molar-refractivity contribution in [2.24, 2.45) is 0 Å². The number of benzene rings is 3. The van der Waals surface area contributed by atoms with Crippen LogP contribution in [0.4, 0.5) is 10.1 Å². The van der Waals surface area contributed by atoms with Crippen molar-refractivity contribution in [1.29, 1.82) is 0 Å². The molecule has 1 atom stereocenters. The van der Waals surface area contributed by atoms with Crippen molar-refractivity contribution in [3.63, 3.8) is 0 Å². The van der Waals surface area contributed by atoms with Crippen LogP contribution in [0.5, 0.6) is 0 Å². The third-order valence-corrected chi connectivity index (χ3v) is 5.67. The van der Waals surface area contributed by atoms with E-state index in [-0.39, 0.29) is 17.0 Å².